The summed E-state index contributed by atoms with van der Waals surface area (Å²) in [5.41, 5.74) is -1.69. The molecule has 3 N–H and O–H groups in total. The number of carbonyl (C=O) groups excluding carboxylic acids is 5. The van der Waals surface area contributed by atoms with E-state index in [9.17, 15) is 32.4 Å². The molecule has 0 spiro atoms. The molecule has 202 valence electrons. The molecular formula is C22H28N4O9S2. The number of amides is 5. The number of piperidine rings is 1. The van der Waals surface area contributed by atoms with Crippen molar-refractivity contribution in [1.82, 2.24) is 14.5 Å². The number of ether oxygens (including phenoxy) is 1. The van der Waals surface area contributed by atoms with E-state index in [0.29, 0.717) is 11.3 Å². The predicted molar refractivity (Wildman–Crippen MR) is 130 cm³/mol. The summed E-state index contributed by atoms with van der Waals surface area (Å²) in [7, 11) is -3.68. The Morgan fingerprint density at radius 1 is 1.19 bits per heavy atom. The van der Waals surface area contributed by atoms with Crippen LogP contribution in [0.4, 0.5) is 10.5 Å². The van der Waals surface area contributed by atoms with Gasteiger partial charge in [-0.25, -0.2) is 9.10 Å². The molecule has 5 amide bonds. The van der Waals surface area contributed by atoms with Crippen LogP contribution in [-0.2, 0) is 40.6 Å². The summed E-state index contributed by atoms with van der Waals surface area (Å²) >= 11 is 1.13. The smallest absolute Gasteiger partial charge is 0.349 e. The topological polar surface area (TPSA) is 179 Å². The molecule has 15 heteroatoms. The number of rotatable bonds is 7. The van der Waals surface area contributed by atoms with Gasteiger partial charge in [-0.15, -0.1) is 11.3 Å². The molecule has 2 saturated heterocycles. The Balaban J connectivity index is 1.35. The van der Waals surface area contributed by atoms with Crippen LogP contribution < -0.4 is 10.6 Å². The summed E-state index contributed by atoms with van der Waals surface area (Å²) in [6.45, 7) is -0.478. The molecular weight excluding hydrogens is 528 g/mol. The van der Waals surface area contributed by atoms with Crippen molar-refractivity contribution in [3.63, 3.8) is 0 Å². The molecule has 1 aromatic heterocycles. The Morgan fingerprint density at radius 2 is 1.89 bits per heavy atom. The van der Waals surface area contributed by atoms with E-state index < -0.39 is 52.1 Å². The van der Waals surface area contributed by atoms with Crippen LogP contribution in [0.3, 0.4) is 0 Å². The number of imide groups is 1. The molecule has 13 nitrogen and oxygen atoms in total. The minimum Gasteiger partial charge on any atom is -0.349 e. The lowest BCUT2D eigenvalue weighted by Crippen LogP contribution is -2.76. The first kappa shape index (κ1) is 27.2. The third kappa shape index (κ3) is 5.39. The number of thiophene rings is 1. The zero-order chi connectivity index (χ0) is 27.0. The van der Waals surface area contributed by atoms with Gasteiger partial charge in [0.15, 0.2) is 0 Å². The number of hydrogen-bond donors (Lipinski definition) is 3. The maximum Gasteiger partial charge on any atom is 0.362 e. The third-order valence-electron chi connectivity index (χ3n) is 7.14. The molecule has 3 aliphatic rings. The fourth-order valence-electron chi connectivity index (χ4n) is 5.09. The number of nitrogens with one attached hydrogen (secondary N) is 2. The van der Waals surface area contributed by atoms with Gasteiger partial charge < -0.3 is 15.4 Å². The van der Waals surface area contributed by atoms with Gasteiger partial charge in [-0.3, -0.25) is 28.6 Å². The number of methoxy groups -OCH3 is 1. The van der Waals surface area contributed by atoms with Crippen LogP contribution in [-0.4, -0.2) is 77.6 Å². The highest BCUT2D eigenvalue weighted by Gasteiger charge is 2.58. The third-order valence-corrected chi connectivity index (χ3v) is 8.91. The number of likely N-dealkylation sites (tertiary alicyclic amines) is 1. The van der Waals surface area contributed by atoms with Gasteiger partial charge in [0.2, 0.25) is 17.4 Å². The number of carbonyl (C=O) groups is 5. The van der Waals surface area contributed by atoms with Crippen LogP contribution in [0.15, 0.2) is 11.4 Å². The van der Waals surface area contributed by atoms with Crippen molar-refractivity contribution in [2.45, 2.75) is 50.7 Å². The van der Waals surface area contributed by atoms with Gasteiger partial charge in [-0.2, -0.15) is 8.42 Å². The number of β-lactam (4-membered cyclic amide) rings is 1. The van der Waals surface area contributed by atoms with E-state index >= 15 is 0 Å². The van der Waals surface area contributed by atoms with E-state index in [1.807, 2.05) is 0 Å². The van der Waals surface area contributed by atoms with Gasteiger partial charge in [0.05, 0.1) is 18.7 Å². The fourth-order valence-corrected chi connectivity index (χ4v) is 6.62. The normalized spacial score (nSPS) is 25.1. The van der Waals surface area contributed by atoms with Crippen molar-refractivity contribution in [3.05, 3.63) is 16.3 Å². The van der Waals surface area contributed by atoms with Gasteiger partial charge in [-0.1, -0.05) is 19.3 Å². The molecule has 0 aromatic carbocycles. The number of nitrogens with zero attached hydrogens (tertiary/aromatic N) is 2. The van der Waals surface area contributed by atoms with Gasteiger partial charge in [0.25, 0.3) is 11.8 Å². The molecule has 4 rings (SSSR count). The van der Waals surface area contributed by atoms with Crippen molar-refractivity contribution < 1.29 is 41.7 Å². The number of ketones is 1. The second kappa shape index (κ2) is 10.5. The van der Waals surface area contributed by atoms with Gasteiger partial charge >= 0.3 is 16.3 Å². The minimum absolute atomic E-state index is 0.125. The molecule has 1 saturated carbocycles. The van der Waals surface area contributed by atoms with Gasteiger partial charge in [0, 0.05) is 24.4 Å². The Morgan fingerprint density at radius 3 is 2.51 bits per heavy atom. The molecule has 3 heterocycles. The largest absolute Gasteiger partial charge is 0.362 e. The number of hydrogen-bond acceptors (Lipinski definition) is 9. The molecule has 3 fully saturated rings. The lowest BCUT2D eigenvalue weighted by Gasteiger charge is -2.44. The van der Waals surface area contributed by atoms with E-state index in [0.717, 1.165) is 55.5 Å². The maximum absolute atomic E-state index is 12.8. The number of anilines is 1. The highest BCUT2D eigenvalue weighted by molar-refractivity contribution is 7.84. The molecule has 1 aliphatic carbocycles. The number of Topliss-reactive ketones (excluding diaryl/α,β-unsaturated/α-hetero) is 1. The van der Waals surface area contributed by atoms with Crippen LogP contribution in [0.2, 0.25) is 0 Å². The predicted octanol–water partition coefficient (Wildman–Crippen LogP) is 0.924. The fraction of sp³-hybridized carbons (Fsp3) is 0.591. The number of urea groups is 1. The SMILES string of the molecule is COC1(NC(=O)Cc2sccc2NC(=O)N2CCC(C3CCCCC3)C(=O)C2=O)CN(S(=O)(=O)O)C1=O. The zero-order valence-corrected chi connectivity index (χ0v) is 21.7. The Kier molecular flexibility index (Phi) is 7.69. The second-order valence-corrected chi connectivity index (χ2v) is 11.7. The lowest BCUT2D eigenvalue weighted by molar-refractivity contribution is -0.180. The minimum atomic E-state index is -4.78. The highest BCUT2D eigenvalue weighted by Crippen LogP contribution is 2.35. The van der Waals surface area contributed by atoms with Crippen LogP contribution in [0.5, 0.6) is 0 Å². The van der Waals surface area contributed by atoms with Crippen molar-refractivity contribution >= 4 is 56.9 Å². The van der Waals surface area contributed by atoms with E-state index in [2.05, 4.69) is 10.6 Å². The van der Waals surface area contributed by atoms with Crippen molar-refractivity contribution in [3.8, 4) is 0 Å². The summed E-state index contributed by atoms with van der Waals surface area (Å²) in [6.07, 6.45) is 5.18. The molecule has 2 unspecified atom stereocenters. The molecule has 1 aromatic rings. The molecule has 2 aliphatic heterocycles. The lowest BCUT2D eigenvalue weighted by atomic mass is 9.75. The zero-order valence-electron chi connectivity index (χ0n) is 20.1. The summed E-state index contributed by atoms with van der Waals surface area (Å²) in [5, 5.41) is 6.51. The molecule has 37 heavy (non-hydrogen) atoms. The van der Waals surface area contributed by atoms with Crippen molar-refractivity contribution in [2.75, 3.05) is 25.5 Å². The highest BCUT2D eigenvalue weighted by atomic mass is 32.2. The summed E-state index contributed by atoms with van der Waals surface area (Å²) in [4.78, 5) is 64.4. The maximum atomic E-state index is 12.8. The van der Waals surface area contributed by atoms with Crippen LogP contribution in [0.1, 0.15) is 43.4 Å². The first-order chi connectivity index (χ1) is 17.5. The van der Waals surface area contributed by atoms with E-state index in [1.165, 1.54) is 6.07 Å². The molecule has 0 radical (unpaired) electrons. The first-order valence-electron chi connectivity index (χ1n) is 11.9. The van der Waals surface area contributed by atoms with Crippen molar-refractivity contribution in [2.24, 2.45) is 11.8 Å². The first-order valence-corrected chi connectivity index (χ1v) is 14.1. The summed E-state index contributed by atoms with van der Waals surface area (Å²) < 4.78 is 36.6. The van der Waals surface area contributed by atoms with Crippen LogP contribution in [0, 0.1) is 11.8 Å². The van der Waals surface area contributed by atoms with Crippen LogP contribution in [0.25, 0.3) is 0 Å². The Hall–Kier alpha value is -2.88. The summed E-state index contributed by atoms with van der Waals surface area (Å²) in [6, 6.07) is 0.763. The molecule has 2 atom stereocenters. The average Bonchev–Trinajstić information content (AvgIpc) is 3.28. The second-order valence-electron chi connectivity index (χ2n) is 9.35. The Bertz CT molecular complexity index is 1220. The Labute approximate surface area is 217 Å². The van der Waals surface area contributed by atoms with Gasteiger partial charge in [-0.05, 0) is 36.6 Å². The monoisotopic (exact) mass is 556 g/mol. The standard InChI is InChI=1S/C22H28N4O9S2/c1-35-22(12-26(20(22)30)37(32,33)34)24-17(27)11-16-15(8-10-36-16)23-21(31)25-9-7-14(18(28)19(25)29)13-5-3-2-4-6-13/h8,10,13-14H,2-7,9,11-12H2,1H3,(H,23,31)(H,24,27)(H,32,33,34). The van der Waals surface area contributed by atoms with E-state index in [1.54, 1.807) is 5.38 Å². The quantitative estimate of drug-likeness (QED) is 0.191. The summed E-state index contributed by atoms with van der Waals surface area (Å²) in [5.74, 6) is -3.39. The van der Waals surface area contributed by atoms with E-state index in [4.69, 9.17) is 9.29 Å². The average molecular weight is 557 g/mol. The van der Waals surface area contributed by atoms with Crippen LogP contribution >= 0.6 is 11.3 Å². The van der Waals surface area contributed by atoms with E-state index in [-0.39, 0.29) is 34.8 Å². The van der Waals surface area contributed by atoms with Crippen molar-refractivity contribution in [1.29, 1.82) is 0 Å². The van der Waals surface area contributed by atoms with Gasteiger partial charge in [0.1, 0.15) is 0 Å². The molecule has 0 bridgehead atoms.